The third-order valence-electron chi connectivity index (χ3n) is 4.67. The van der Waals surface area contributed by atoms with Crippen molar-refractivity contribution in [2.45, 2.75) is 25.2 Å². The van der Waals surface area contributed by atoms with Gasteiger partial charge in [0, 0.05) is 35.9 Å². The number of nitrogens with zero attached hydrogens (tertiary/aromatic N) is 2. The lowest BCUT2D eigenvalue weighted by Gasteiger charge is -2.34. The fourth-order valence-electron chi connectivity index (χ4n) is 3.18. The number of ether oxygens (including phenoxy) is 1. The fraction of sp³-hybridized carbons (Fsp3) is 0.421. The van der Waals surface area contributed by atoms with Gasteiger partial charge < -0.3 is 9.64 Å². The van der Waals surface area contributed by atoms with Crippen LogP contribution < -0.4 is 4.74 Å². The van der Waals surface area contributed by atoms with Crippen molar-refractivity contribution in [1.82, 2.24) is 9.21 Å². The van der Waals surface area contributed by atoms with Gasteiger partial charge in [-0.2, -0.15) is 4.31 Å². The Morgan fingerprint density at radius 2 is 1.90 bits per heavy atom. The number of halogens is 2. The number of rotatable bonds is 6. The molecule has 0 spiro atoms. The molecule has 6 nitrogen and oxygen atoms in total. The van der Waals surface area contributed by atoms with E-state index in [1.165, 1.54) is 27.8 Å². The summed E-state index contributed by atoms with van der Waals surface area (Å²) in [5, 5.41) is 0.148. The van der Waals surface area contributed by atoms with Crippen molar-refractivity contribution in [2.24, 2.45) is 0 Å². The molecule has 0 saturated carbocycles. The maximum atomic E-state index is 13.0. The molecule has 0 bridgehead atoms. The zero-order chi connectivity index (χ0) is 21.2. The summed E-state index contributed by atoms with van der Waals surface area (Å²) in [4.78, 5) is 16.1. The number of amides is 1. The zero-order valence-electron chi connectivity index (χ0n) is 16.2. The van der Waals surface area contributed by atoms with Crippen molar-refractivity contribution in [3.05, 3.63) is 44.9 Å². The van der Waals surface area contributed by atoms with Gasteiger partial charge in [-0.05, 0) is 38.1 Å². The first-order valence-corrected chi connectivity index (χ1v) is 11.7. The van der Waals surface area contributed by atoms with E-state index in [0.717, 1.165) is 15.8 Å². The molecule has 0 aliphatic carbocycles. The molecule has 1 fully saturated rings. The highest BCUT2D eigenvalue weighted by molar-refractivity contribution is 7.89. The predicted octanol–water partition coefficient (Wildman–Crippen LogP) is 3.46. The first-order chi connectivity index (χ1) is 13.7. The fourth-order valence-corrected chi connectivity index (χ4v) is 6.35. The molecule has 0 atom stereocenters. The quantitative estimate of drug-likeness (QED) is 0.662. The van der Waals surface area contributed by atoms with Gasteiger partial charge in [0.1, 0.15) is 11.6 Å². The van der Waals surface area contributed by atoms with Crippen molar-refractivity contribution in [2.75, 3.05) is 32.8 Å². The lowest BCUT2D eigenvalue weighted by Crippen LogP contribution is -2.50. The van der Waals surface area contributed by atoms with Crippen LogP contribution in [0, 0.1) is 19.7 Å². The number of hydrogen-bond donors (Lipinski definition) is 0. The van der Waals surface area contributed by atoms with Gasteiger partial charge in [-0.25, -0.2) is 12.8 Å². The highest BCUT2D eigenvalue weighted by Gasteiger charge is 2.31. The molecule has 10 heteroatoms. The number of benzene rings is 1. The molecule has 3 rings (SSSR count). The summed E-state index contributed by atoms with van der Waals surface area (Å²) in [5.41, 5.74) is 0. The maximum absolute atomic E-state index is 13.0. The third kappa shape index (κ3) is 5.09. The Labute approximate surface area is 178 Å². The van der Waals surface area contributed by atoms with E-state index in [1.54, 1.807) is 17.9 Å². The molecule has 2 aromatic rings. The van der Waals surface area contributed by atoms with Crippen LogP contribution in [0.2, 0.25) is 5.02 Å². The van der Waals surface area contributed by atoms with Crippen LogP contribution in [0.1, 0.15) is 16.2 Å². The Morgan fingerprint density at radius 1 is 1.21 bits per heavy atom. The second-order valence-electron chi connectivity index (χ2n) is 6.74. The first-order valence-electron chi connectivity index (χ1n) is 9.11. The molecule has 2 heterocycles. The minimum Gasteiger partial charge on any atom is -0.491 e. The van der Waals surface area contributed by atoms with Gasteiger partial charge in [0.15, 0.2) is 0 Å². The van der Waals surface area contributed by atoms with Gasteiger partial charge >= 0.3 is 0 Å². The number of sulfonamides is 1. The number of carbonyl (C=O) groups is 1. The minimum absolute atomic E-state index is 0.107. The van der Waals surface area contributed by atoms with Crippen LogP contribution >= 0.6 is 22.9 Å². The Morgan fingerprint density at radius 3 is 2.48 bits per heavy atom. The van der Waals surface area contributed by atoms with Crippen LogP contribution in [0.25, 0.3) is 0 Å². The molecule has 1 aliphatic rings. The Balaban J connectivity index is 1.51. The van der Waals surface area contributed by atoms with Gasteiger partial charge in [0.25, 0.3) is 0 Å². The molecular formula is C19H22ClFN2O4S2. The van der Waals surface area contributed by atoms with E-state index >= 15 is 0 Å². The van der Waals surface area contributed by atoms with Crippen LogP contribution in [0.3, 0.4) is 0 Å². The zero-order valence-corrected chi connectivity index (χ0v) is 18.5. The van der Waals surface area contributed by atoms with Gasteiger partial charge in [0.05, 0.1) is 22.9 Å². The van der Waals surface area contributed by atoms with Crippen LogP contribution in [0.5, 0.6) is 5.75 Å². The van der Waals surface area contributed by atoms with Crippen LogP contribution in [0.4, 0.5) is 4.39 Å². The van der Waals surface area contributed by atoms with E-state index in [1.807, 2.05) is 6.92 Å². The van der Waals surface area contributed by atoms with Crippen molar-refractivity contribution in [3.63, 3.8) is 0 Å². The molecule has 1 aromatic heterocycles. The van der Waals surface area contributed by atoms with Gasteiger partial charge in [-0.3, -0.25) is 4.79 Å². The smallest absolute Gasteiger partial charge is 0.244 e. The number of thiophene rings is 1. The minimum atomic E-state index is -3.55. The van der Waals surface area contributed by atoms with E-state index in [2.05, 4.69) is 0 Å². The largest absolute Gasteiger partial charge is 0.491 e. The summed E-state index contributed by atoms with van der Waals surface area (Å²) < 4.78 is 45.6. The van der Waals surface area contributed by atoms with E-state index in [-0.39, 0.29) is 37.0 Å². The molecule has 1 aliphatic heterocycles. The summed E-state index contributed by atoms with van der Waals surface area (Å²) in [6.45, 7) is 4.97. The highest BCUT2D eigenvalue weighted by atomic mass is 35.5. The van der Waals surface area contributed by atoms with Crippen molar-refractivity contribution in [1.29, 1.82) is 0 Å². The normalized spacial score (nSPS) is 15.5. The van der Waals surface area contributed by atoms with E-state index in [9.17, 15) is 17.6 Å². The van der Waals surface area contributed by atoms with Crippen molar-refractivity contribution < 1.29 is 22.3 Å². The van der Waals surface area contributed by atoms with Crippen molar-refractivity contribution in [3.8, 4) is 5.75 Å². The van der Waals surface area contributed by atoms with E-state index < -0.39 is 15.8 Å². The molecule has 1 amide bonds. The number of hydrogen-bond acceptors (Lipinski definition) is 5. The summed E-state index contributed by atoms with van der Waals surface area (Å²) in [6, 6.07) is 5.50. The van der Waals surface area contributed by atoms with Crippen LogP contribution in [-0.4, -0.2) is 56.3 Å². The van der Waals surface area contributed by atoms with E-state index in [4.69, 9.17) is 16.3 Å². The molecule has 0 unspecified atom stereocenters. The van der Waals surface area contributed by atoms with Crippen LogP contribution in [0.15, 0.2) is 29.2 Å². The lowest BCUT2D eigenvalue weighted by atomic mass is 10.3. The summed E-state index contributed by atoms with van der Waals surface area (Å²) in [7, 11) is -3.55. The predicted molar refractivity (Wildman–Crippen MR) is 111 cm³/mol. The molecule has 1 aromatic carbocycles. The number of piperazine rings is 1. The molecule has 158 valence electrons. The SMILES string of the molecule is Cc1cc(S(=O)(=O)N2CCN(C(=O)CCOc3ccc(F)cc3Cl)CC2)c(C)s1. The molecule has 0 N–H and O–H groups in total. The summed E-state index contributed by atoms with van der Waals surface area (Å²) >= 11 is 7.35. The molecule has 0 radical (unpaired) electrons. The standard InChI is InChI=1S/C19H22ClFN2O4S2/c1-13-11-18(14(2)28-13)29(25,26)23-8-6-22(7-9-23)19(24)5-10-27-17-4-3-15(21)12-16(17)20/h3-4,11-12H,5-10H2,1-2H3. The number of carbonyl (C=O) groups excluding carboxylic acids is 1. The third-order valence-corrected chi connectivity index (χ3v) is 8.09. The average molecular weight is 461 g/mol. The first kappa shape index (κ1) is 22.0. The van der Waals surface area contributed by atoms with Gasteiger partial charge in [-0.1, -0.05) is 11.6 Å². The summed E-state index contributed by atoms with van der Waals surface area (Å²) in [6.07, 6.45) is 0.128. The molecule has 1 saturated heterocycles. The highest BCUT2D eigenvalue weighted by Crippen LogP contribution is 2.28. The topological polar surface area (TPSA) is 66.9 Å². The van der Waals surface area contributed by atoms with Crippen molar-refractivity contribution >= 4 is 38.9 Å². The summed E-state index contributed by atoms with van der Waals surface area (Å²) in [5.74, 6) is -0.264. The average Bonchev–Trinajstić information content (AvgIpc) is 3.02. The van der Waals surface area contributed by atoms with E-state index in [0.29, 0.717) is 23.7 Å². The van der Waals surface area contributed by atoms with Crippen LogP contribution in [-0.2, 0) is 14.8 Å². The Bertz CT molecular complexity index is 1000. The second-order valence-corrected chi connectivity index (χ2v) is 10.5. The Kier molecular flexibility index (Phi) is 6.83. The Hall–Kier alpha value is -1.68. The second kappa shape index (κ2) is 8.99. The molecule has 29 heavy (non-hydrogen) atoms. The lowest BCUT2D eigenvalue weighted by molar-refractivity contribution is -0.132. The maximum Gasteiger partial charge on any atom is 0.244 e. The van der Waals surface area contributed by atoms with Gasteiger partial charge in [0.2, 0.25) is 15.9 Å². The number of aryl methyl sites for hydroxylation is 2. The monoisotopic (exact) mass is 460 g/mol. The van der Waals surface area contributed by atoms with Gasteiger partial charge in [-0.15, -0.1) is 11.3 Å². The molecular weight excluding hydrogens is 439 g/mol.